The van der Waals surface area contributed by atoms with Crippen molar-refractivity contribution in [3.63, 3.8) is 0 Å². The summed E-state index contributed by atoms with van der Waals surface area (Å²) in [6.45, 7) is 0.478. The molecule has 1 fully saturated rings. The normalized spacial score (nSPS) is 17.9. The molecule has 10 heteroatoms. The number of nitrogens with zero attached hydrogens (tertiary/aromatic N) is 5. The van der Waals surface area contributed by atoms with E-state index >= 15 is 0 Å². The first-order chi connectivity index (χ1) is 9.92. The molecule has 1 aromatic heterocycles. The van der Waals surface area contributed by atoms with E-state index in [0.717, 1.165) is 0 Å². The van der Waals surface area contributed by atoms with Crippen molar-refractivity contribution in [2.45, 2.75) is 25.6 Å². The van der Waals surface area contributed by atoms with Crippen molar-refractivity contribution in [3.8, 4) is 0 Å². The van der Waals surface area contributed by atoms with Gasteiger partial charge in [-0.2, -0.15) is 13.2 Å². The highest BCUT2D eigenvalue weighted by Crippen LogP contribution is 2.22. The fraction of sp³-hybridized carbons (Fsp3) is 0.818. The van der Waals surface area contributed by atoms with Crippen molar-refractivity contribution in [1.82, 2.24) is 30.4 Å². The largest absolute Gasteiger partial charge is 0.401 e. The molecule has 0 saturated carbocycles. The Hall–Kier alpha value is -1.71. The van der Waals surface area contributed by atoms with Crippen molar-refractivity contribution in [2.24, 2.45) is 5.92 Å². The third-order valence-electron chi connectivity index (χ3n) is 3.40. The summed E-state index contributed by atoms with van der Waals surface area (Å²) in [6.07, 6.45) is -1.50. The molecule has 1 N–H and O–H groups in total. The molecule has 0 spiro atoms. The van der Waals surface area contributed by atoms with Crippen molar-refractivity contribution in [3.05, 3.63) is 6.33 Å². The second kappa shape index (κ2) is 6.83. The molecule has 7 nitrogen and oxygen atoms in total. The van der Waals surface area contributed by atoms with Crippen LogP contribution in [0, 0.1) is 5.92 Å². The standard InChI is InChI=1S/C11H17F3N6O/c12-11(13,14)7-19-3-1-9(2-4-19)5-15-10(21)6-20-8-16-17-18-20/h8-9H,1-7H2,(H,15,21). The van der Waals surface area contributed by atoms with Gasteiger partial charge in [-0.05, 0) is 42.3 Å². The highest BCUT2D eigenvalue weighted by Gasteiger charge is 2.32. The molecule has 2 heterocycles. The molecule has 1 amide bonds. The van der Waals surface area contributed by atoms with Crippen molar-refractivity contribution in [2.75, 3.05) is 26.2 Å². The van der Waals surface area contributed by atoms with Gasteiger partial charge in [0, 0.05) is 6.54 Å². The van der Waals surface area contributed by atoms with Crippen LogP contribution in [0.15, 0.2) is 6.33 Å². The molecular weight excluding hydrogens is 289 g/mol. The van der Waals surface area contributed by atoms with E-state index in [-0.39, 0.29) is 18.4 Å². The number of hydrogen-bond acceptors (Lipinski definition) is 5. The van der Waals surface area contributed by atoms with Crippen LogP contribution in [0.5, 0.6) is 0 Å². The van der Waals surface area contributed by atoms with Crippen molar-refractivity contribution >= 4 is 5.91 Å². The Balaban J connectivity index is 1.63. The summed E-state index contributed by atoms with van der Waals surface area (Å²) in [4.78, 5) is 13.0. The van der Waals surface area contributed by atoms with E-state index in [1.165, 1.54) is 15.9 Å². The molecule has 0 aromatic carbocycles. The fourth-order valence-electron chi connectivity index (χ4n) is 2.32. The van der Waals surface area contributed by atoms with Crippen LogP contribution < -0.4 is 5.32 Å². The van der Waals surface area contributed by atoms with E-state index in [1.807, 2.05) is 0 Å². The van der Waals surface area contributed by atoms with Gasteiger partial charge in [0.05, 0.1) is 6.54 Å². The van der Waals surface area contributed by atoms with E-state index in [0.29, 0.717) is 32.5 Å². The molecule has 0 aliphatic carbocycles. The maximum atomic E-state index is 12.3. The van der Waals surface area contributed by atoms with Gasteiger partial charge in [-0.15, -0.1) is 5.10 Å². The molecule has 0 atom stereocenters. The van der Waals surface area contributed by atoms with Gasteiger partial charge < -0.3 is 5.32 Å². The minimum atomic E-state index is -4.15. The number of nitrogens with one attached hydrogen (secondary N) is 1. The summed E-state index contributed by atoms with van der Waals surface area (Å²) in [5.74, 6) is 0.00678. The maximum Gasteiger partial charge on any atom is 0.401 e. The van der Waals surface area contributed by atoms with Crippen LogP contribution in [-0.2, 0) is 11.3 Å². The van der Waals surface area contributed by atoms with Gasteiger partial charge in [0.25, 0.3) is 0 Å². The van der Waals surface area contributed by atoms with Crippen LogP contribution in [0.4, 0.5) is 13.2 Å². The number of amides is 1. The average Bonchev–Trinajstić information content (AvgIpc) is 2.89. The van der Waals surface area contributed by atoms with Crippen LogP contribution in [0.3, 0.4) is 0 Å². The first kappa shape index (κ1) is 15.7. The van der Waals surface area contributed by atoms with E-state index in [9.17, 15) is 18.0 Å². The van der Waals surface area contributed by atoms with Crippen LogP contribution in [-0.4, -0.2) is 63.4 Å². The first-order valence-corrected chi connectivity index (χ1v) is 6.69. The number of carbonyl (C=O) groups is 1. The molecule has 2 rings (SSSR count). The number of rotatable bonds is 5. The third-order valence-corrected chi connectivity index (χ3v) is 3.40. The Morgan fingerprint density at radius 3 is 2.62 bits per heavy atom. The summed E-state index contributed by atoms with van der Waals surface area (Å²) >= 11 is 0. The van der Waals surface area contributed by atoms with E-state index < -0.39 is 12.7 Å². The van der Waals surface area contributed by atoms with Crippen molar-refractivity contribution in [1.29, 1.82) is 0 Å². The molecule has 118 valence electrons. The lowest BCUT2D eigenvalue weighted by Gasteiger charge is -2.32. The zero-order chi connectivity index (χ0) is 15.3. The summed E-state index contributed by atoms with van der Waals surface area (Å²) in [5.41, 5.74) is 0. The fourth-order valence-corrected chi connectivity index (χ4v) is 2.32. The Bertz CT molecular complexity index is 441. The lowest BCUT2D eigenvalue weighted by Crippen LogP contribution is -2.42. The molecule has 1 aliphatic heterocycles. The summed E-state index contributed by atoms with van der Waals surface area (Å²) in [6, 6.07) is 0. The number of likely N-dealkylation sites (tertiary alicyclic amines) is 1. The Kier molecular flexibility index (Phi) is 5.10. The predicted octanol–water partition coefficient (Wildman–Crippen LogP) is 0.0636. The third kappa shape index (κ3) is 5.66. The number of piperidine rings is 1. The number of halogens is 3. The summed E-state index contributed by atoms with van der Waals surface area (Å²) < 4.78 is 38.1. The number of tetrazole rings is 1. The van der Waals surface area contributed by atoms with Gasteiger partial charge in [-0.25, -0.2) is 4.68 Å². The molecule has 0 bridgehead atoms. The Morgan fingerprint density at radius 1 is 1.33 bits per heavy atom. The van der Waals surface area contributed by atoms with Gasteiger partial charge in [-0.3, -0.25) is 9.69 Å². The van der Waals surface area contributed by atoms with Gasteiger partial charge >= 0.3 is 6.18 Å². The highest BCUT2D eigenvalue weighted by molar-refractivity contribution is 5.75. The zero-order valence-electron chi connectivity index (χ0n) is 11.4. The Labute approximate surface area is 119 Å². The quantitative estimate of drug-likeness (QED) is 0.833. The van der Waals surface area contributed by atoms with Crippen LogP contribution in [0.25, 0.3) is 0 Å². The lowest BCUT2D eigenvalue weighted by molar-refractivity contribution is -0.148. The second-order valence-corrected chi connectivity index (χ2v) is 5.15. The van der Waals surface area contributed by atoms with Crippen LogP contribution in [0.2, 0.25) is 0 Å². The summed E-state index contributed by atoms with van der Waals surface area (Å²) in [5, 5.41) is 13.2. The minimum absolute atomic E-state index is 0.0416. The molecule has 0 radical (unpaired) electrons. The van der Waals surface area contributed by atoms with Gasteiger partial charge in [0.15, 0.2) is 0 Å². The van der Waals surface area contributed by atoms with Crippen LogP contribution in [0.1, 0.15) is 12.8 Å². The van der Waals surface area contributed by atoms with Gasteiger partial charge in [-0.1, -0.05) is 0 Å². The number of alkyl halides is 3. The van der Waals surface area contributed by atoms with E-state index in [1.54, 1.807) is 0 Å². The molecule has 1 aliphatic rings. The smallest absolute Gasteiger partial charge is 0.354 e. The molecular formula is C11H17F3N6O. The predicted molar refractivity (Wildman–Crippen MR) is 66.0 cm³/mol. The second-order valence-electron chi connectivity index (χ2n) is 5.15. The minimum Gasteiger partial charge on any atom is -0.354 e. The topological polar surface area (TPSA) is 75.9 Å². The van der Waals surface area contributed by atoms with Crippen molar-refractivity contribution < 1.29 is 18.0 Å². The molecule has 1 aromatic rings. The summed E-state index contributed by atoms with van der Waals surface area (Å²) in [7, 11) is 0. The molecule has 21 heavy (non-hydrogen) atoms. The zero-order valence-corrected chi connectivity index (χ0v) is 11.4. The highest BCUT2D eigenvalue weighted by atomic mass is 19.4. The first-order valence-electron chi connectivity index (χ1n) is 6.69. The lowest BCUT2D eigenvalue weighted by atomic mass is 9.97. The SMILES string of the molecule is O=C(Cn1cnnn1)NCC1CCN(CC(F)(F)F)CC1. The molecule has 0 unspecified atom stereocenters. The number of hydrogen-bond donors (Lipinski definition) is 1. The van der Waals surface area contributed by atoms with Crippen LogP contribution >= 0.6 is 0 Å². The maximum absolute atomic E-state index is 12.3. The average molecular weight is 306 g/mol. The van der Waals surface area contributed by atoms with E-state index in [2.05, 4.69) is 20.8 Å². The van der Waals surface area contributed by atoms with Gasteiger partial charge in [0.2, 0.25) is 5.91 Å². The Morgan fingerprint density at radius 2 is 2.05 bits per heavy atom. The number of aromatic nitrogens is 4. The number of carbonyl (C=O) groups excluding carboxylic acids is 1. The monoisotopic (exact) mass is 306 g/mol. The van der Waals surface area contributed by atoms with E-state index in [4.69, 9.17) is 0 Å². The molecule has 1 saturated heterocycles. The van der Waals surface area contributed by atoms with Gasteiger partial charge in [0.1, 0.15) is 12.9 Å².